The average molecular weight is 671 g/mol. The first-order valence-electron chi connectivity index (χ1n) is 15.2. The molecule has 3 aromatic rings. The number of carbonyl (C=O) groups excluding carboxylic acids is 4. The van der Waals surface area contributed by atoms with Crippen molar-refractivity contribution in [2.75, 3.05) is 19.6 Å². The van der Waals surface area contributed by atoms with Gasteiger partial charge in [0, 0.05) is 30.6 Å². The lowest BCUT2D eigenvalue weighted by Crippen LogP contribution is -2.63. The quantitative estimate of drug-likeness (QED) is 0.273. The van der Waals surface area contributed by atoms with Crippen LogP contribution >= 0.6 is 34.5 Å². The smallest absolute Gasteiger partial charge is 0.246 e. The number of thiazole rings is 1. The van der Waals surface area contributed by atoms with Gasteiger partial charge < -0.3 is 20.9 Å². The van der Waals surface area contributed by atoms with Crippen LogP contribution in [0.5, 0.6) is 0 Å². The monoisotopic (exact) mass is 669 g/mol. The number of ketones is 1. The third kappa shape index (κ3) is 8.49. The molecule has 0 spiro atoms. The van der Waals surface area contributed by atoms with Crippen LogP contribution < -0.4 is 11.1 Å². The molecule has 1 saturated heterocycles. The number of hydrogen-bond acceptors (Lipinski definition) is 7. The molecule has 3 N–H and O–H groups in total. The van der Waals surface area contributed by atoms with E-state index in [1.807, 2.05) is 36.4 Å². The van der Waals surface area contributed by atoms with Crippen molar-refractivity contribution >= 4 is 58.0 Å². The van der Waals surface area contributed by atoms with Gasteiger partial charge in [-0.15, -0.1) is 11.3 Å². The Morgan fingerprint density at radius 2 is 1.78 bits per heavy atom. The first-order valence-corrected chi connectivity index (χ1v) is 16.9. The molecule has 1 aromatic heterocycles. The van der Waals surface area contributed by atoms with Crippen LogP contribution in [-0.4, -0.2) is 76.0 Å². The molecule has 9 nitrogen and oxygen atoms in total. The van der Waals surface area contributed by atoms with Gasteiger partial charge in [-0.2, -0.15) is 0 Å². The SMILES string of the molecule is NC1CCC(C(NC(=O)CN2C(=O)CN(CCCc3ccc(Cl)c(Cl)c3)C(=O)C2Cc2ccccc2)C(=O)c2nccs2)CC1. The van der Waals surface area contributed by atoms with E-state index in [0.29, 0.717) is 47.3 Å². The molecule has 2 aliphatic rings. The number of nitrogens with two attached hydrogens (primary N) is 1. The van der Waals surface area contributed by atoms with Gasteiger partial charge in [-0.05, 0) is 67.7 Å². The fraction of sp³-hybridized carbons (Fsp3) is 0.424. The number of nitrogens with one attached hydrogen (secondary N) is 1. The van der Waals surface area contributed by atoms with E-state index in [4.69, 9.17) is 28.9 Å². The second-order valence-corrected chi connectivity index (χ2v) is 13.5. The van der Waals surface area contributed by atoms with Gasteiger partial charge in [-0.3, -0.25) is 19.2 Å². The van der Waals surface area contributed by atoms with E-state index in [2.05, 4.69) is 10.3 Å². The van der Waals surface area contributed by atoms with Crippen molar-refractivity contribution in [3.05, 3.63) is 86.3 Å². The van der Waals surface area contributed by atoms with E-state index >= 15 is 0 Å². The highest BCUT2D eigenvalue weighted by atomic mass is 35.5. The number of aromatic nitrogens is 1. The maximum Gasteiger partial charge on any atom is 0.246 e. The van der Waals surface area contributed by atoms with Gasteiger partial charge in [0.25, 0.3) is 0 Å². The number of aryl methyl sites for hydroxylation is 1. The number of nitrogens with zero attached hydrogens (tertiary/aromatic N) is 3. The molecule has 1 aliphatic heterocycles. The Hall–Kier alpha value is -3.31. The van der Waals surface area contributed by atoms with Gasteiger partial charge in [-0.1, -0.05) is 59.6 Å². The molecule has 0 radical (unpaired) electrons. The zero-order valence-electron chi connectivity index (χ0n) is 24.9. The van der Waals surface area contributed by atoms with E-state index in [1.54, 1.807) is 28.6 Å². The molecule has 2 unspecified atom stereocenters. The molecular formula is C33H37Cl2N5O4S. The summed E-state index contributed by atoms with van der Waals surface area (Å²) in [6.45, 7) is -0.0712. The fourth-order valence-corrected chi connectivity index (χ4v) is 7.11. The van der Waals surface area contributed by atoms with Gasteiger partial charge >= 0.3 is 0 Å². The third-order valence-electron chi connectivity index (χ3n) is 8.61. The van der Waals surface area contributed by atoms with Crippen LogP contribution in [0.4, 0.5) is 0 Å². The van der Waals surface area contributed by atoms with Gasteiger partial charge in [-0.25, -0.2) is 4.98 Å². The van der Waals surface area contributed by atoms with E-state index in [0.717, 1.165) is 24.0 Å². The predicted molar refractivity (Wildman–Crippen MR) is 175 cm³/mol. The van der Waals surface area contributed by atoms with Crippen LogP contribution in [-0.2, 0) is 27.2 Å². The number of hydrogen-bond donors (Lipinski definition) is 2. The second-order valence-electron chi connectivity index (χ2n) is 11.8. The van der Waals surface area contributed by atoms with Crippen molar-refractivity contribution in [1.29, 1.82) is 0 Å². The summed E-state index contributed by atoms with van der Waals surface area (Å²) < 4.78 is 0. The molecule has 2 atom stereocenters. The molecule has 2 fully saturated rings. The summed E-state index contributed by atoms with van der Waals surface area (Å²) >= 11 is 13.4. The first kappa shape index (κ1) is 33.1. The number of Topliss-reactive ketones (excluding diaryl/α,β-unsaturated/α-hetero) is 1. The van der Waals surface area contributed by atoms with Crippen molar-refractivity contribution in [1.82, 2.24) is 20.1 Å². The zero-order chi connectivity index (χ0) is 31.9. The van der Waals surface area contributed by atoms with Crippen LogP contribution in [0.2, 0.25) is 10.0 Å². The van der Waals surface area contributed by atoms with E-state index < -0.39 is 18.0 Å². The lowest BCUT2D eigenvalue weighted by Gasteiger charge is -2.40. The minimum Gasteiger partial charge on any atom is -0.344 e. The standard InChI is InChI=1S/C33H37Cl2N5O4S/c34-25-13-8-22(17-26(25)35)7-4-15-39-20-29(42)40(27(33(39)44)18-21-5-2-1-3-6-21)19-28(41)38-30(23-9-11-24(36)12-10-23)31(43)32-37-14-16-45-32/h1-3,5-6,8,13-14,16-17,23-24,27,30H,4,7,9-12,15,18-20,36H2,(H,38,41). The largest absolute Gasteiger partial charge is 0.344 e. The van der Waals surface area contributed by atoms with Crippen LogP contribution in [0.1, 0.15) is 53.0 Å². The molecule has 2 aromatic carbocycles. The van der Waals surface area contributed by atoms with E-state index in [9.17, 15) is 19.2 Å². The van der Waals surface area contributed by atoms with Crippen molar-refractivity contribution in [3.63, 3.8) is 0 Å². The molecule has 1 aliphatic carbocycles. The van der Waals surface area contributed by atoms with Crippen LogP contribution in [0.3, 0.4) is 0 Å². The molecule has 3 amide bonds. The summed E-state index contributed by atoms with van der Waals surface area (Å²) in [5, 5.41) is 5.94. The highest BCUT2D eigenvalue weighted by molar-refractivity contribution is 7.11. The van der Waals surface area contributed by atoms with Crippen molar-refractivity contribution in [2.45, 2.75) is 63.1 Å². The number of benzene rings is 2. The number of piperazine rings is 1. The highest BCUT2D eigenvalue weighted by Crippen LogP contribution is 2.29. The first-order chi connectivity index (χ1) is 21.7. The summed E-state index contributed by atoms with van der Waals surface area (Å²) in [5.41, 5.74) is 7.97. The third-order valence-corrected chi connectivity index (χ3v) is 10.1. The van der Waals surface area contributed by atoms with Crippen molar-refractivity contribution in [3.8, 4) is 0 Å². The Morgan fingerprint density at radius 1 is 1.02 bits per heavy atom. The minimum atomic E-state index is -0.856. The Labute approximate surface area is 277 Å². The van der Waals surface area contributed by atoms with E-state index in [1.165, 1.54) is 16.2 Å². The molecule has 238 valence electrons. The Morgan fingerprint density at radius 3 is 2.47 bits per heavy atom. The van der Waals surface area contributed by atoms with Gasteiger partial charge in [0.2, 0.25) is 23.5 Å². The number of carbonyl (C=O) groups is 4. The van der Waals surface area contributed by atoms with Crippen molar-refractivity contribution < 1.29 is 19.2 Å². The van der Waals surface area contributed by atoms with Crippen LogP contribution in [0.25, 0.3) is 0 Å². The maximum atomic E-state index is 13.9. The van der Waals surface area contributed by atoms with Crippen LogP contribution in [0.15, 0.2) is 60.1 Å². The highest BCUT2D eigenvalue weighted by Gasteiger charge is 2.41. The Balaban J connectivity index is 1.29. The lowest BCUT2D eigenvalue weighted by molar-refractivity contribution is -0.157. The Kier molecular flexibility index (Phi) is 11.3. The summed E-state index contributed by atoms with van der Waals surface area (Å²) in [7, 11) is 0. The van der Waals surface area contributed by atoms with Gasteiger partial charge in [0.15, 0.2) is 5.01 Å². The van der Waals surface area contributed by atoms with Crippen molar-refractivity contribution in [2.24, 2.45) is 11.7 Å². The minimum absolute atomic E-state index is 0.0789. The molecule has 5 rings (SSSR count). The van der Waals surface area contributed by atoms with Gasteiger partial charge in [0.05, 0.1) is 22.6 Å². The zero-order valence-corrected chi connectivity index (χ0v) is 27.2. The molecular weight excluding hydrogens is 633 g/mol. The lowest BCUT2D eigenvalue weighted by atomic mass is 9.80. The van der Waals surface area contributed by atoms with E-state index in [-0.39, 0.29) is 49.1 Å². The molecule has 1 saturated carbocycles. The Bertz CT molecular complexity index is 1500. The van der Waals surface area contributed by atoms with Crippen LogP contribution in [0, 0.1) is 5.92 Å². The fourth-order valence-electron chi connectivity index (χ4n) is 6.17. The number of halogens is 2. The second kappa shape index (κ2) is 15.3. The topological polar surface area (TPSA) is 126 Å². The molecule has 12 heteroatoms. The summed E-state index contributed by atoms with van der Waals surface area (Å²) in [6, 6.07) is 13.3. The maximum absolute atomic E-state index is 13.9. The van der Waals surface area contributed by atoms with Gasteiger partial charge in [0.1, 0.15) is 12.6 Å². The summed E-state index contributed by atoms with van der Waals surface area (Å²) in [6.07, 6.45) is 6.06. The predicted octanol–water partition coefficient (Wildman–Crippen LogP) is 4.55. The molecule has 2 heterocycles. The number of amides is 3. The summed E-state index contributed by atoms with van der Waals surface area (Å²) in [5.74, 6) is -1.33. The number of rotatable bonds is 12. The molecule has 45 heavy (non-hydrogen) atoms. The molecule has 0 bridgehead atoms. The summed E-state index contributed by atoms with van der Waals surface area (Å²) in [4.78, 5) is 61.6. The normalized spacial score (nSPS) is 21.1. The average Bonchev–Trinajstić information content (AvgIpc) is 3.58.